The number of amides is 1. The van der Waals surface area contributed by atoms with Gasteiger partial charge in [0.2, 0.25) is 0 Å². The molecular formula is C15H13N3O. The van der Waals surface area contributed by atoms with E-state index in [2.05, 4.69) is 9.98 Å². The van der Waals surface area contributed by atoms with E-state index >= 15 is 0 Å². The van der Waals surface area contributed by atoms with E-state index < -0.39 is 0 Å². The molecule has 2 heterocycles. The number of hydrogen-bond acceptors (Lipinski definition) is 2. The number of nitrogens with one attached hydrogen (secondary N) is 1. The van der Waals surface area contributed by atoms with Crippen LogP contribution in [-0.2, 0) is 4.79 Å². The normalized spacial score (nSPS) is 17.1. The lowest BCUT2D eigenvalue weighted by Crippen LogP contribution is -2.28. The zero-order valence-corrected chi connectivity index (χ0v) is 10.5. The lowest BCUT2D eigenvalue weighted by Gasteiger charge is -2.10. The largest absolute Gasteiger partial charge is 0.362 e. The summed E-state index contributed by atoms with van der Waals surface area (Å²) in [6.07, 6.45) is 3.58. The van der Waals surface area contributed by atoms with Gasteiger partial charge in [0.1, 0.15) is 11.5 Å². The predicted molar refractivity (Wildman–Crippen MR) is 74.5 cm³/mol. The van der Waals surface area contributed by atoms with E-state index in [1.165, 1.54) is 0 Å². The summed E-state index contributed by atoms with van der Waals surface area (Å²) in [5.41, 5.74) is 2.26. The zero-order valence-electron chi connectivity index (χ0n) is 10.5. The zero-order chi connectivity index (χ0) is 13.2. The molecule has 0 fully saturated rings. The van der Waals surface area contributed by atoms with E-state index in [0.717, 1.165) is 11.3 Å². The average Bonchev–Trinajstić information content (AvgIpc) is 3.04. The molecule has 1 aliphatic heterocycles. The van der Waals surface area contributed by atoms with Crippen LogP contribution in [0.25, 0.3) is 6.08 Å². The number of benzene rings is 1. The highest BCUT2D eigenvalue weighted by molar-refractivity contribution is 6.19. The molecule has 1 aliphatic rings. The summed E-state index contributed by atoms with van der Waals surface area (Å²) < 4.78 is 0. The van der Waals surface area contributed by atoms with Gasteiger partial charge in [0.15, 0.2) is 0 Å². The molecule has 0 bridgehead atoms. The van der Waals surface area contributed by atoms with Crippen LogP contribution in [0.3, 0.4) is 0 Å². The van der Waals surface area contributed by atoms with Crippen molar-refractivity contribution in [3.8, 4) is 0 Å². The second-order valence-corrected chi connectivity index (χ2v) is 4.32. The fraction of sp³-hybridized carbons (Fsp3) is 0.0667. The minimum Gasteiger partial charge on any atom is -0.362 e. The molecule has 0 spiro atoms. The molecule has 2 aromatic rings. The summed E-state index contributed by atoms with van der Waals surface area (Å²) in [7, 11) is 1.74. The smallest absolute Gasteiger partial charge is 0.277 e. The van der Waals surface area contributed by atoms with Crippen molar-refractivity contribution in [2.45, 2.75) is 0 Å². The minimum atomic E-state index is -0.0894. The molecule has 1 N–H and O–H groups in total. The van der Waals surface area contributed by atoms with Gasteiger partial charge < -0.3 is 4.98 Å². The third-order valence-corrected chi connectivity index (χ3v) is 3.01. The minimum absolute atomic E-state index is 0.0894. The molecule has 19 heavy (non-hydrogen) atoms. The quantitative estimate of drug-likeness (QED) is 0.818. The number of aromatic nitrogens is 1. The lowest BCUT2D eigenvalue weighted by molar-refractivity contribution is -0.121. The first-order valence-corrected chi connectivity index (χ1v) is 6.03. The topological polar surface area (TPSA) is 48.5 Å². The van der Waals surface area contributed by atoms with Crippen LogP contribution >= 0.6 is 0 Å². The van der Waals surface area contributed by atoms with Gasteiger partial charge in [0, 0.05) is 24.5 Å². The first-order chi connectivity index (χ1) is 9.25. The Hall–Kier alpha value is -2.62. The van der Waals surface area contributed by atoms with Gasteiger partial charge in [-0.15, -0.1) is 0 Å². The molecule has 94 valence electrons. The van der Waals surface area contributed by atoms with Gasteiger partial charge in [-0.05, 0) is 18.2 Å². The maximum absolute atomic E-state index is 12.1. The third-order valence-electron chi connectivity index (χ3n) is 3.01. The van der Waals surface area contributed by atoms with Crippen molar-refractivity contribution in [1.82, 2.24) is 9.88 Å². The van der Waals surface area contributed by atoms with Crippen molar-refractivity contribution in [1.29, 1.82) is 0 Å². The Bertz CT molecular complexity index is 654. The van der Waals surface area contributed by atoms with Crippen molar-refractivity contribution in [3.05, 3.63) is 65.6 Å². The third kappa shape index (κ3) is 2.08. The van der Waals surface area contributed by atoms with E-state index in [-0.39, 0.29) is 5.91 Å². The van der Waals surface area contributed by atoms with Crippen LogP contribution in [0.4, 0.5) is 0 Å². The van der Waals surface area contributed by atoms with E-state index in [1.807, 2.05) is 48.7 Å². The van der Waals surface area contributed by atoms with Crippen molar-refractivity contribution >= 4 is 17.8 Å². The number of hydrogen-bond donors (Lipinski definition) is 1. The van der Waals surface area contributed by atoms with Gasteiger partial charge in [-0.3, -0.25) is 9.69 Å². The van der Waals surface area contributed by atoms with Gasteiger partial charge >= 0.3 is 0 Å². The van der Waals surface area contributed by atoms with Crippen LogP contribution in [0.15, 0.2) is 59.4 Å². The molecule has 3 rings (SSSR count). The van der Waals surface area contributed by atoms with Crippen LogP contribution in [-0.4, -0.2) is 28.7 Å². The molecule has 0 saturated carbocycles. The summed E-state index contributed by atoms with van der Waals surface area (Å²) in [6, 6.07) is 13.5. The molecule has 1 aromatic carbocycles. The highest BCUT2D eigenvalue weighted by atomic mass is 16.2. The maximum Gasteiger partial charge on any atom is 0.277 e. The number of likely N-dealkylation sites (N-methyl/N-ethyl adjacent to an activating group) is 1. The van der Waals surface area contributed by atoms with Gasteiger partial charge in [0.05, 0.1) is 0 Å². The van der Waals surface area contributed by atoms with E-state index in [9.17, 15) is 4.79 Å². The maximum atomic E-state index is 12.1. The molecule has 1 aromatic heterocycles. The first-order valence-electron chi connectivity index (χ1n) is 6.03. The van der Waals surface area contributed by atoms with Crippen LogP contribution in [0.1, 0.15) is 11.3 Å². The fourth-order valence-corrected chi connectivity index (χ4v) is 2.03. The average molecular weight is 251 g/mol. The van der Waals surface area contributed by atoms with Gasteiger partial charge in [-0.2, -0.15) is 0 Å². The molecule has 0 radical (unpaired) electrons. The number of aliphatic imine (C=N–C) groups is 1. The Morgan fingerprint density at radius 2 is 1.95 bits per heavy atom. The summed E-state index contributed by atoms with van der Waals surface area (Å²) in [5, 5.41) is 0. The summed E-state index contributed by atoms with van der Waals surface area (Å²) in [6.45, 7) is 0. The van der Waals surface area contributed by atoms with Crippen LogP contribution in [0.5, 0.6) is 0 Å². The van der Waals surface area contributed by atoms with Crippen LogP contribution < -0.4 is 0 Å². The van der Waals surface area contributed by atoms with Crippen molar-refractivity contribution < 1.29 is 4.79 Å². The van der Waals surface area contributed by atoms with Gasteiger partial charge in [-0.1, -0.05) is 30.3 Å². The van der Waals surface area contributed by atoms with Gasteiger partial charge in [-0.25, -0.2) is 4.99 Å². The molecule has 4 nitrogen and oxygen atoms in total. The number of amidine groups is 1. The molecular weight excluding hydrogens is 238 g/mol. The van der Waals surface area contributed by atoms with Crippen molar-refractivity contribution in [2.24, 2.45) is 4.99 Å². The van der Waals surface area contributed by atoms with E-state index in [0.29, 0.717) is 11.5 Å². The molecule has 1 amide bonds. The number of aromatic amines is 1. The Kier molecular flexibility index (Phi) is 2.76. The Morgan fingerprint density at radius 3 is 2.63 bits per heavy atom. The van der Waals surface area contributed by atoms with E-state index in [4.69, 9.17) is 0 Å². The summed E-state index contributed by atoms with van der Waals surface area (Å²) >= 11 is 0. The lowest BCUT2D eigenvalue weighted by atomic mass is 10.2. The standard InChI is InChI=1S/C15H13N3O/c1-18-14(11-6-3-2-4-7-11)17-13(15(18)19)10-12-8-5-9-16-12/h2-10,16H,1H3/b13-10+. The number of carbonyl (C=O) groups is 1. The monoisotopic (exact) mass is 251 g/mol. The number of carbonyl (C=O) groups excluding carboxylic acids is 1. The number of H-pyrrole nitrogens is 1. The van der Waals surface area contributed by atoms with Gasteiger partial charge in [0.25, 0.3) is 5.91 Å². The SMILES string of the molecule is CN1C(=O)/C(=C\c2ccc[nH]2)N=C1c1ccccc1. The number of rotatable bonds is 2. The Morgan fingerprint density at radius 1 is 1.16 bits per heavy atom. The highest BCUT2D eigenvalue weighted by Crippen LogP contribution is 2.19. The predicted octanol–water partition coefficient (Wildman–Crippen LogP) is 2.27. The van der Waals surface area contributed by atoms with Crippen molar-refractivity contribution in [3.63, 3.8) is 0 Å². The van der Waals surface area contributed by atoms with Crippen LogP contribution in [0, 0.1) is 0 Å². The first kappa shape index (κ1) is 11.5. The van der Waals surface area contributed by atoms with Crippen LogP contribution in [0.2, 0.25) is 0 Å². The Balaban J connectivity index is 2.01. The summed E-state index contributed by atoms with van der Waals surface area (Å²) in [5.74, 6) is 0.594. The number of nitrogens with zero attached hydrogens (tertiary/aromatic N) is 2. The molecule has 0 atom stereocenters. The molecule has 0 saturated heterocycles. The van der Waals surface area contributed by atoms with E-state index in [1.54, 1.807) is 18.0 Å². The molecule has 4 heteroatoms. The molecule has 0 aliphatic carbocycles. The second kappa shape index (κ2) is 4.57. The van der Waals surface area contributed by atoms with Crippen molar-refractivity contribution in [2.75, 3.05) is 7.05 Å². The summed E-state index contributed by atoms with van der Waals surface area (Å²) in [4.78, 5) is 21.2. The Labute approximate surface area is 111 Å². The molecule has 0 unspecified atom stereocenters. The highest BCUT2D eigenvalue weighted by Gasteiger charge is 2.27. The fourth-order valence-electron chi connectivity index (χ4n) is 2.03. The second-order valence-electron chi connectivity index (χ2n) is 4.32.